The zero-order valence-electron chi connectivity index (χ0n) is 9.44. The molecule has 82 valence electrons. The highest BCUT2D eigenvalue weighted by molar-refractivity contribution is 14.1. The van der Waals surface area contributed by atoms with Crippen molar-refractivity contribution in [1.82, 2.24) is 4.98 Å². The van der Waals surface area contributed by atoms with E-state index in [1.54, 1.807) is 0 Å². The minimum atomic E-state index is 0.333. The number of aryl methyl sites for hydroxylation is 2. The Labute approximate surface area is 110 Å². The van der Waals surface area contributed by atoms with Gasteiger partial charge in [0.25, 0.3) is 0 Å². The lowest BCUT2D eigenvalue weighted by molar-refractivity contribution is 1.04. The Balaban J connectivity index is 2.44. The molecule has 2 heteroatoms. The fraction of sp³-hybridized carbons (Fsp3) is 0.214. The smallest absolute Gasteiger partial charge is 0.0786 e. The van der Waals surface area contributed by atoms with Gasteiger partial charge in [0.15, 0.2) is 0 Å². The van der Waals surface area contributed by atoms with Crippen LogP contribution in [0.25, 0.3) is 0 Å². The number of aromatic nitrogens is 1. The minimum absolute atomic E-state index is 0.333. The molecule has 1 aromatic heterocycles. The molecule has 1 aromatic carbocycles. The van der Waals surface area contributed by atoms with E-state index in [-0.39, 0.29) is 0 Å². The van der Waals surface area contributed by atoms with E-state index in [2.05, 4.69) is 71.8 Å². The average Bonchev–Trinajstić information content (AvgIpc) is 2.29. The second-order valence-electron chi connectivity index (χ2n) is 3.92. The van der Waals surface area contributed by atoms with E-state index in [9.17, 15) is 0 Å². The summed E-state index contributed by atoms with van der Waals surface area (Å²) in [6.07, 6.45) is 1.87. The molecule has 0 bridgehead atoms. The Morgan fingerprint density at radius 2 is 1.69 bits per heavy atom. The summed E-state index contributed by atoms with van der Waals surface area (Å²) in [7, 11) is 0. The molecule has 1 atom stereocenters. The zero-order chi connectivity index (χ0) is 11.5. The lowest BCUT2D eigenvalue weighted by Crippen LogP contribution is -2.00. The number of alkyl halides is 1. The first-order valence-electron chi connectivity index (χ1n) is 5.31. The molecular formula is C14H14IN. The monoisotopic (exact) mass is 323 g/mol. The Hall–Kier alpha value is -0.900. The second-order valence-corrected chi connectivity index (χ2v) is 5.17. The number of halogens is 1. The van der Waals surface area contributed by atoms with Gasteiger partial charge in [-0.25, -0.2) is 0 Å². The highest BCUT2D eigenvalue weighted by atomic mass is 127. The van der Waals surface area contributed by atoms with Crippen LogP contribution in [0.5, 0.6) is 0 Å². The molecule has 0 radical (unpaired) electrons. The van der Waals surface area contributed by atoms with Crippen LogP contribution in [0.2, 0.25) is 0 Å². The number of hydrogen-bond donors (Lipinski definition) is 0. The van der Waals surface area contributed by atoms with E-state index in [4.69, 9.17) is 0 Å². The van der Waals surface area contributed by atoms with Crippen molar-refractivity contribution in [3.8, 4) is 0 Å². The topological polar surface area (TPSA) is 12.9 Å². The van der Waals surface area contributed by atoms with E-state index in [0.29, 0.717) is 3.92 Å². The molecule has 0 aliphatic carbocycles. The number of nitrogens with zero attached hydrogens (tertiary/aromatic N) is 1. The van der Waals surface area contributed by atoms with Crippen molar-refractivity contribution in [2.24, 2.45) is 0 Å². The Morgan fingerprint density at radius 3 is 2.38 bits per heavy atom. The molecule has 0 saturated heterocycles. The summed E-state index contributed by atoms with van der Waals surface area (Å²) in [6.45, 7) is 4.27. The van der Waals surface area contributed by atoms with Gasteiger partial charge in [0.1, 0.15) is 0 Å². The first kappa shape index (κ1) is 11.6. The molecule has 0 fully saturated rings. The van der Waals surface area contributed by atoms with E-state index in [1.807, 2.05) is 12.3 Å². The Morgan fingerprint density at radius 1 is 1.00 bits per heavy atom. The molecular weight excluding hydrogens is 309 g/mol. The normalized spacial score (nSPS) is 12.4. The van der Waals surface area contributed by atoms with Crippen LogP contribution in [0.15, 0.2) is 42.6 Å². The molecule has 0 N–H and O–H groups in total. The predicted molar refractivity (Wildman–Crippen MR) is 76.0 cm³/mol. The van der Waals surface area contributed by atoms with Gasteiger partial charge in [0.2, 0.25) is 0 Å². The number of rotatable bonds is 2. The lowest BCUT2D eigenvalue weighted by Gasteiger charge is -2.14. The van der Waals surface area contributed by atoms with Crippen molar-refractivity contribution in [3.63, 3.8) is 0 Å². The van der Waals surface area contributed by atoms with Gasteiger partial charge < -0.3 is 0 Å². The number of pyridine rings is 1. The maximum absolute atomic E-state index is 4.49. The van der Waals surface area contributed by atoms with Gasteiger partial charge in [-0.3, -0.25) is 4.98 Å². The van der Waals surface area contributed by atoms with E-state index in [0.717, 1.165) is 5.69 Å². The Kier molecular flexibility index (Phi) is 3.59. The van der Waals surface area contributed by atoms with Crippen molar-refractivity contribution in [2.75, 3.05) is 0 Å². The standard InChI is InChI=1S/C14H14IN/c1-10-6-3-4-8-12(10)13(15)14-11(2)7-5-9-16-14/h3-9,13H,1-2H3. The summed E-state index contributed by atoms with van der Waals surface area (Å²) in [5.41, 5.74) is 5.10. The Bertz CT molecular complexity index is 448. The van der Waals surface area contributed by atoms with E-state index >= 15 is 0 Å². The van der Waals surface area contributed by atoms with Crippen LogP contribution in [0, 0.1) is 13.8 Å². The van der Waals surface area contributed by atoms with Gasteiger partial charge in [-0.05, 0) is 36.6 Å². The van der Waals surface area contributed by atoms with Crippen molar-refractivity contribution >= 4 is 22.6 Å². The molecule has 0 amide bonds. The summed E-state index contributed by atoms with van der Waals surface area (Å²) in [5.74, 6) is 0. The third-order valence-corrected chi connectivity index (χ3v) is 4.01. The van der Waals surface area contributed by atoms with Gasteiger partial charge in [-0.2, -0.15) is 0 Å². The summed E-state index contributed by atoms with van der Waals surface area (Å²) >= 11 is 2.46. The SMILES string of the molecule is Cc1ccccc1C(I)c1ncccc1C. The maximum Gasteiger partial charge on any atom is 0.0786 e. The first-order chi connectivity index (χ1) is 7.70. The number of hydrogen-bond acceptors (Lipinski definition) is 1. The van der Waals surface area contributed by atoms with Crippen LogP contribution in [0.1, 0.15) is 26.3 Å². The quantitative estimate of drug-likeness (QED) is 0.595. The van der Waals surface area contributed by atoms with Gasteiger partial charge in [-0.15, -0.1) is 0 Å². The van der Waals surface area contributed by atoms with Gasteiger partial charge >= 0.3 is 0 Å². The van der Waals surface area contributed by atoms with Crippen LogP contribution in [-0.2, 0) is 0 Å². The summed E-state index contributed by atoms with van der Waals surface area (Å²) < 4.78 is 0.333. The predicted octanol–water partition coefficient (Wildman–Crippen LogP) is 4.22. The minimum Gasteiger partial charge on any atom is -0.260 e. The summed E-state index contributed by atoms with van der Waals surface area (Å²) in [5, 5.41) is 0. The molecule has 0 aliphatic heterocycles. The molecule has 0 spiro atoms. The van der Waals surface area contributed by atoms with Gasteiger partial charge in [-0.1, -0.05) is 52.9 Å². The van der Waals surface area contributed by atoms with Crippen LogP contribution in [0.4, 0.5) is 0 Å². The molecule has 1 nitrogen and oxygen atoms in total. The highest BCUT2D eigenvalue weighted by Crippen LogP contribution is 2.33. The van der Waals surface area contributed by atoms with E-state index in [1.165, 1.54) is 16.7 Å². The molecule has 0 saturated carbocycles. The fourth-order valence-corrected chi connectivity index (χ4v) is 3.13. The lowest BCUT2D eigenvalue weighted by atomic mass is 10.0. The van der Waals surface area contributed by atoms with Crippen LogP contribution in [-0.4, -0.2) is 4.98 Å². The van der Waals surface area contributed by atoms with E-state index < -0.39 is 0 Å². The third kappa shape index (κ3) is 2.26. The second kappa shape index (κ2) is 4.95. The van der Waals surface area contributed by atoms with Crippen molar-refractivity contribution in [2.45, 2.75) is 17.8 Å². The van der Waals surface area contributed by atoms with Crippen molar-refractivity contribution < 1.29 is 0 Å². The van der Waals surface area contributed by atoms with Crippen LogP contribution >= 0.6 is 22.6 Å². The van der Waals surface area contributed by atoms with Crippen LogP contribution < -0.4 is 0 Å². The van der Waals surface area contributed by atoms with Crippen molar-refractivity contribution in [1.29, 1.82) is 0 Å². The molecule has 0 aliphatic rings. The third-order valence-electron chi connectivity index (χ3n) is 2.75. The average molecular weight is 323 g/mol. The first-order valence-corrected chi connectivity index (χ1v) is 6.56. The molecule has 2 aromatic rings. The molecule has 1 heterocycles. The van der Waals surface area contributed by atoms with Gasteiger partial charge in [0, 0.05) is 6.20 Å². The maximum atomic E-state index is 4.49. The van der Waals surface area contributed by atoms with Gasteiger partial charge in [0.05, 0.1) is 9.62 Å². The highest BCUT2D eigenvalue weighted by Gasteiger charge is 2.14. The summed E-state index contributed by atoms with van der Waals surface area (Å²) in [4.78, 5) is 4.49. The number of benzene rings is 1. The molecule has 1 unspecified atom stereocenters. The molecule has 16 heavy (non-hydrogen) atoms. The fourth-order valence-electron chi connectivity index (χ4n) is 1.78. The summed E-state index contributed by atoms with van der Waals surface area (Å²) in [6, 6.07) is 12.6. The largest absolute Gasteiger partial charge is 0.260 e. The zero-order valence-corrected chi connectivity index (χ0v) is 11.6. The van der Waals surface area contributed by atoms with Crippen molar-refractivity contribution in [3.05, 3.63) is 65.0 Å². The van der Waals surface area contributed by atoms with Crippen LogP contribution in [0.3, 0.4) is 0 Å². The molecule has 2 rings (SSSR count).